The van der Waals surface area contributed by atoms with Crippen LogP contribution in [0.5, 0.6) is 0 Å². The van der Waals surface area contributed by atoms with E-state index in [9.17, 15) is 9.59 Å². The van der Waals surface area contributed by atoms with Crippen molar-refractivity contribution in [1.82, 2.24) is 15.1 Å². The number of hydrogen-bond acceptors (Lipinski definition) is 4. The number of aliphatic imine (C=N–C) groups is 1. The lowest BCUT2D eigenvalue weighted by molar-refractivity contribution is -0.123. The van der Waals surface area contributed by atoms with Crippen LogP contribution in [0.25, 0.3) is 0 Å². The lowest BCUT2D eigenvalue weighted by Crippen LogP contribution is -2.53. The largest absolute Gasteiger partial charge is 0.444 e. The number of piperazine rings is 1. The van der Waals surface area contributed by atoms with Gasteiger partial charge in [0.05, 0.1) is 6.54 Å². The summed E-state index contributed by atoms with van der Waals surface area (Å²) in [5.41, 5.74) is 5.49. The van der Waals surface area contributed by atoms with Gasteiger partial charge in [0.2, 0.25) is 5.91 Å². The summed E-state index contributed by atoms with van der Waals surface area (Å²) in [5.74, 6) is 0.416. The molecule has 0 aliphatic carbocycles. The Hall–Kier alpha value is -1.26. The molecule has 9 heteroatoms. The summed E-state index contributed by atoms with van der Waals surface area (Å²) in [6.07, 6.45) is -0.297. The van der Waals surface area contributed by atoms with Crippen LogP contribution in [0.4, 0.5) is 4.79 Å². The number of amides is 2. The third kappa shape index (κ3) is 9.13. The van der Waals surface area contributed by atoms with Crippen LogP contribution in [-0.4, -0.2) is 72.6 Å². The third-order valence-electron chi connectivity index (χ3n) is 3.46. The van der Waals surface area contributed by atoms with Crippen LogP contribution < -0.4 is 11.1 Å². The lowest BCUT2D eigenvalue weighted by Gasteiger charge is -2.36. The van der Waals surface area contributed by atoms with Crippen molar-refractivity contribution >= 4 is 41.9 Å². The summed E-state index contributed by atoms with van der Waals surface area (Å²) < 4.78 is 5.36. The average Bonchev–Trinajstić information content (AvgIpc) is 2.49. The van der Waals surface area contributed by atoms with Crippen LogP contribution in [0.15, 0.2) is 4.99 Å². The fourth-order valence-corrected chi connectivity index (χ4v) is 2.10. The number of guanidine groups is 1. The van der Waals surface area contributed by atoms with E-state index in [4.69, 9.17) is 10.5 Å². The number of nitrogens with one attached hydrogen (secondary N) is 1. The minimum Gasteiger partial charge on any atom is -0.444 e. The molecule has 0 atom stereocenters. The number of nitrogens with two attached hydrogens (primary N) is 1. The van der Waals surface area contributed by atoms with Crippen molar-refractivity contribution in [3.05, 3.63) is 0 Å². The van der Waals surface area contributed by atoms with Crippen molar-refractivity contribution in [2.75, 3.05) is 39.3 Å². The molecular weight excluding hydrogens is 437 g/mol. The molecule has 146 valence electrons. The SMILES string of the molecule is CC(C)C(=O)NCCN=C(N)N1CCN(C(=O)OC(C)(C)C)CC1.I. The van der Waals surface area contributed by atoms with Gasteiger partial charge >= 0.3 is 6.09 Å². The second-order valence-corrected chi connectivity index (χ2v) is 7.14. The molecular formula is C16H32IN5O3. The summed E-state index contributed by atoms with van der Waals surface area (Å²) in [6.45, 7) is 12.5. The molecule has 0 aromatic carbocycles. The molecule has 1 aliphatic rings. The van der Waals surface area contributed by atoms with E-state index in [2.05, 4.69) is 10.3 Å². The molecule has 1 aliphatic heterocycles. The van der Waals surface area contributed by atoms with Crippen LogP contribution >= 0.6 is 24.0 Å². The monoisotopic (exact) mass is 469 g/mol. The topological polar surface area (TPSA) is 100 Å². The van der Waals surface area contributed by atoms with Gasteiger partial charge in [-0.25, -0.2) is 4.79 Å². The van der Waals surface area contributed by atoms with E-state index in [1.54, 1.807) is 4.90 Å². The van der Waals surface area contributed by atoms with Crippen molar-refractivity contribution in [2.45, 2.75) is 40.2 Å². The maximum Gasteiger partial charge on any atom is 0.410 e. The van der Waals surface area contributed by atoms with Gasteiger partial charge in [0.15, 0.2) is 5.96 Å². The molecule has 8 nitrogen and oxygen atoms in total. The van der Waals surface area contributed by atoms with E-state index in [1.165, 1.54) is 0 Å². The lowest BCUT2D eigenvalue weighted by atomic mass is 10.2. The number of halogens is 1. The molecule has 3 N–H and O–H groups in total. The zero-order valence-corrected chi connectivity index (χ0v) is 18.2. The van der Waals surface area contributed by atoms with E-state index in [1.807, 2.05) is 39.5 Å². The van der Waals surface area contributed by atoms with E-state index in [-0.39, 0.29) is 41.9 Å². The maximum atomic E-state index is 12.0. The molecule has 1 rings (SSSR count). The Balaban J connectivity index is 0.00000576. The summed E-state index contributed by atoms with van der Waals surface area (Å²) in [7, 11) is 0. The molecule has 2 amide bonds. The molecule has 25 heavy (non-hydrogen) atoms. The zero-order chi connectivity index (χ0) is 18.3. The van der Waals surface area contributed by atoms with E-state index in [0.29, 0.717) is 45.2 Å². The van der Waals surface area contributed by atoms with Crippen LogP contribution in [0, 0.1) is 5.92 Å². The fraction of sp³-hybridized carbons (Fsp3) is 0.812. The quantitative estimate of drug-likeness (QED) is 0.279. The average molecular weight is 469 g/mol. The number of rotatable bonds is 4. The molecule has 0 bridgehead atoms. The van der Waals surface area contributed by atoms with Crippen LogP contribution in [-0.2, 0) is 9.53 Å². The Kier molecular flexibility index (Phi) is 10.1. The fourth-order valence-electron chi connectivity index (χ4n) is 2.10. The van der Waals surface area contributed by atoms with Crippen molar-refractivity contribution < 1.29 is 14.3 Å². The number of nitrogens with zero attached hydrogens (tertiary/aromatic N) is 3. The van der Waals surface area contributed by atoms with Gasteiger partial charge in [0, 0.05) is 38.6 Å². The first-order valence-corrected chi connectivity index (χ1v) is 8.40. The molecule has 1 heterocycles. The van der Waals surface area contributed by atoms with Gasteiger partial charge < -0.3 is 25.6 Å². The zero-order valence-electron chi connectivity index (χ0n) is 15.9. The Labute approximate surface area is 167 Å². The minimum absolute atomic E-state index is 0. The van der Waals surface area contributed by atoms with Gasteiger partial charge in [0.1, 0.15) is 5.60 Å². The first-order chi connectivity index (χ1) is 11.1. The van der Waals surface area contributed by atoms with Gasteiger partial charge in [-0.2, -0.15) is 0 Å². The number of carbonyl (C=O) groups is 2. The van der Waals surface area contributed by atoms with E-state index >= 15 is 0 Å². The highest BCUT2D eigenvalue weighted by Gasteiger charge is 2.26. The van der Waals surface area contributed by atoms with Gasteiger partial charge in [-0.05, 0) is 20.8 Å². The molecule has 0 aromatic heterocycles. The molecule has 1 saturated heterocycles. The maximum absolute atomic E-state index is 12.0. The molecule has 0 aromatic rings. The highest BCUT2D eigenvalue weighted by Crippen LogP contribution is 2.11. The minimum atomic E-state index is -0.491. The van der Waals surface area contributed by atoms with Crippen molar-refractivity contribution in [1.29, 1.82) is 0 Å². The predicted molar refractivity (Wildman–Crippen MR) is 109 cm³/mol. The van der Waals surface area contributed by atoms with Crippen molar-refractivity contribution in [3.63, 3.8) is 0 Å². The normalized spacial score (nSPS) is 15.7. The Morgan fingerprint density at radius 1 is 1.16 bits per heavy atom. The predicted octanol–water partition coefficient (Wildman–Crippen LogP) is 1.24. The number of hydrogen-bond donors (Lipinski definition) is 2. The highest BCUT2D eigenvalue weighted by molar-refractivity contribution is 14.0. The molecule has 0 saturated carbocycles. The first-order valence-electron chi connectivity index (χ1n) is 8.40. The molecule has 0 unspecified atom stereocenters. The second-order valence-electron chi connectivity index (χ2n) is 7.14. The van der Waals surface area contributed by atoms with Gasteiger partial charge in [-0.15, -0.1) is 24.0 Å². The molecule has 0 radical (unpaired) electrons. The van der Waals surface area contributed by atoms with Crippen LogP contribution in [0.1, 0.15) is 34.6 Å². The Morgan fingerprint density at radius 2 is 1.68 bits per heavy atom. The first kappa shape index (κ1) is 23.7. The van der Waals surface area contributed by atoms with E-state index in [0.717, 1.165) is 0 Å². The molecule has 1 fully saturated rings. The van der Waals surface area contributed by atoms with E-state index < -0.39 is 5.60 Å². The summed E-state index contributed by atoms with van der Waals surface area (Å²) in [5, 5.41) is 2.79. The second kappa shape index (κ2) is 10.7. The smallest absolute Gasteiger partial charge is 0.410 e. The standard InChI is InChI=1S/C16H31N5O3.HI/c1-12(2)13(22)18-6-7-19-14(17)20-8-10-21(11-9-20)15(23)24-16(3,4)5;/h12H,6-11H2,1-5H3,(H2,17,19)(H,18,22);1H. The van der Waals surface area contributed by atoms with Gasteiger partial charge in [-0.3, -0.25) is 9.79 Å². The van der Waals surface area contributed by atoms with Crippen LogP contribution in [0.2, 0.25) is 0 Å². The number of ether oxygens (including phenoxy) is 1. The van der Waals surface area contributed by atoms with Crippen molar-refractivity contribution in [2.24, 2.45) is 16.6 Å². The number of carbonyl (C=O) groups excluding carboxylic acids is 2. The Morgan fingerprint density at radius 3 is 2.16 bits per heavy atom. The Bertz CT molecular complexity index is 469. The summed E-state index contributed by atoms with van der Waals surface area (Å²) >= 11 is 0. The molecule has 0 spiro atoms. The summed E-state index contributed by atoms with van der Waals surface area (Å²) in [6, 6.07) is 0. The highest BCUT2D eigenvalue weighted by atomic mass is 127. The summed E-state index contributed by atoms with van der Waals surface area (Å²) in [4.78, 5) is 31.3. The van der Waals surface area contributed by atoms with Crippen molar-refractivity contribution in [3.8, 4) is 0 Å². The third-order valence-corrected chi connectivity index (χ3v) is 3.46. The van der Waals surface area contributed by atoms with Gasteiger partial charge in [-0.1, -0.05) is 13.8 Å². The van der Waals surface area contributed by atoms with Crippen LogP contribution in [0.3, 0.4) is 0 Å². The van der Waals surface area contributed by atoms with Gasteiger partial charge in [0.25, 0.3) is 0 Å².